The second kappa shape index (κ2) is 5.13. The Morgan fingerprint density at radius 1 is 1.25 bits per heavy atom. The first kappa shape index (κ1) is 12.3. The summed E-state index contributed by atoms with van der Waals surface area (Å²) < 4.78 is 18.2. The van der Waals surface area contributed by atoms with Crippen molar-refractivity contribution in [2.45, 2.75) is 6.54 Å². The van der Waals surface area contributed by atoms with Crippen LogP contribution in [0.15, 0.2) is 53.1 Å². The van der Waals surface area contributed by atoms with Crippen LogP contribution in [0.4, 0.5) is 4.39 Å². The van der Waals surface area contributed by atoms with Crippen LogP contribution in [-0.2, 0) is 6.54 Å². The van der Waals surface area contributed by atoms with Gasteiger partial charge in [0.2, 0.25) is 0 Å². The topological polar surface area (TPSA) is 55.1 Å². The maximum Gasteiger partial charge on any atom is 0.287 e. The molecule has 0 atom stereocenters. The lowest BCUT2D eigenvalue weighted by molar-refractivity contribution is 0.0925. The third-order valence-corrected chi connectivity index (χ3v) is 2.88. The molecule has 1 aromatic carbocycles. The van der Waals surface area contributed by atoms with Gasteiger partial charge in [0.1, 0.15) is 11.3 Å². The second-order valence-electron chi connectivity index (χ2n) is 4.31. The summed E-state index contributed by atoms with van der Waals surface area (Å²) in [5.74, 6) is -0.420. The molecule has 4 nitrogen and oxygen atoms in total. The summed E-state index contributed by atoms with van der Waals surface area (Å²) >= 11 is 0. The van der Waals surface area contributed by atoms with E-state index >= 15 is 0 Å². The van der Waals surface area contributed by atoms with Gasteiger partial charge in [-0.2, -0.15) is 0 Å². The Morgan fingerprint density at radius 2 is 2.05 bits per heavy atom. The zero-order chi connectivity index (χ0) is 13.9. The summed E-state index contributed by atoms with van der Waals surface area (Å²) in [5.41, 5.74) is 2.02. The molecule has 0 saturated carbocycles. The summed E-state index contributed by atoms with van der Waals surface area (Å²) in [7, 11) is 0. The fourth-order valence-electron chi connectivity index (χ4n) is 1.85. The van der Waals surface area contributed by atoms with E-state index in [1.54, 1.807) is 36.5 Å². The van der Waals surface area contributed by atoms with Gasteiger partial charge in [0.15, 0.2) is 11.3 Å². The number of pyridine rings is 1. The van der Waals surface area contributed by atoms with Crippen molar-refractivity contribution in [3.05, 3.63) is 65.8 Å². The van der Waals surface area contributed by atoms with Gasteiger partial charge in [0.05, 0.1) is 0 Å². The van der Waals surface area contributed by atoms with E-state index in [4.69, 9.17) is 4.42 Å². The lowest BCUT2D eigenvalue weighted by Gasteiger charge is -2.02. The van der Waals surface area contributed by atoms with Crippen LogP contribution in [-0.4, -0.2) is 10.9 Å². The fourth-order valence-corrected chi connectivity index (χ4v) is 1.85. The van der Waals surface area contributed by atoms with Gasteiger partial charge in [-0.1, -0.05) is 12.1 Å². The SMILES string of the molecule is O=C(NCc1ccc(F)cc1)c1cc2ncccc2o1. The predicted molar refractivity (Wildman–Crippen MR) is 71.6 cm³/mol. The molecule has 0 aliphatic heterocycles. The van der Waals surface area contributed by atoms with Gasteiger partial charge in [-0.25, -0.2) is 4.39 Å². The quantitative estimate of drug-likeness (QED) is 0.796. The van der Waals surface area contributed by atoms with E-state index in [-0.39, 0.29) is 17.5 Å². The van der Waals surface area contributed by atoms with Gasteiger partial charge >= 0.3 is 0 Å². The summed E-state index contributed by atoms with van der Waals surface area (Å²) in [5, 5.41) is 2.71. The highest BCUT2D eigenvalue weighted by molar-refractivity contribution is 5.95. The van der Waals surface area contributed by atoms with Gasteiger partial charge in [-0.3, -0.25) is 9.78 Å². The molecule has 3 aromatic rings. The smallest absolute Gasteiger partial charge is 0.287 e. The van der Waals surface area contributed by atoms with E-state index in [1.165, 1.54) is 12.1 Å². The van der Waals surface area contributed by atoms with Crippen LogP contribution in [0.1, 0.15) is 16.1 Å². The Kier molecular flexibility index (Phi) is 3.16. The molecule has 0 bridgehead atoms. The highest BCUT2D eigenvalue weighted by Gasteiger charge is 2.12. The average Bonchev–Trinajstić information content (AvgIpc) is 2.90. The zero-order valence-corrected chi connectivity index (χ0v) is 10.5. The molecule has 1 amide bonds. The first-order valence-corrected chi connectivity index (χ1v) is 6.09. The molecule has 2 heterocycles. The Labute approximate surface area is 114 Å². The Hall–Kier alpha value is -2.69. The highest BCUT2D eigenvalue weighted by Crippen LogP contribution is 2.16. The van der Waals surface area contributed by atoms with Crippen molar-refractivity contribution in [3.8, 4) is 0 Å². The molecule has 3 rings (SSSR count). The highest BCUT2D eigenvalue weighted by atomic mass is 19.1. The first-order valence-electron chi connectivity index (χ1n) is 6.09. The summed E-state index contributed by atoms with van der Waals surface area (Å²) in [6.45, 7) is 0.309. The largest absolute Gasteiger partial charge is 0.449 e. The van der Waals surface area contributed by atoms with E-state index in [2.05, 4.69) is 10.3 Å². The van der Waals surface area contributed by atoms with Crippen molar-refractivity contribution in [1.29, 1.82) is 0 Å². The number of aromatic nitrogens is 1. The van der Waals surface area contributed by atoms with Crippen LogP contribution in [0.25, 0.3) is 11.1 Å². The van der Waals surface area contributed by atoms with E-state index < -0.39 is 0 Å². The molecule has 2 aromatic heterocycles. The average molecular weight is 270 g/mol. The number of rotatable bonds is 3. The van der Waals surface area contributed by atoms with Crippen molar-refractivity contribution >= 4 is 17.0 Å². The predicted octanol–water partition coefficient (Wildman–Crippen LogP) is 2.90. The maximum absolute atomic E-state index is 12.8. The van der Waals surface area contributed by atoms with Gasteiger partial charge < -0.3 is 9.73 Å². The van der Waals surface area contributed by atoms with Crippen LogP contribution < -0.4 is 5.32 Å². The number of hydrogen-bond acceptors (Lipinski definition) is 3. The Balaban J connectivity index is 1.71. The number of fused-ring (bicyclic) bond motifs is 1. The van der Waals surface area contributed by atoms with Gasteiger partial charge in [-0.05, 0) is 29.8 Å². The third-order valence-electron chi connectivity index (χ3n) is 2.88. The van der Waals surface area contributed by atoms with Gasteiger partial charge in [0, 0.05) is 18.8 Å². The maximum atomic E-state index is 12.8. The van der Waals surface area contributed by atoms with Crippen LogP contribution in [0, 0.1) is 5.82 Å². The fraction of sp³-hybridized carbons (Fsp3) is 0.0667. The second-order valence-corrected chi connectivity index (χ2v) is 4.31. The van der Waals surface area contributed by atoms with Crippen molar-refractivity contribution in [1.82, 2.24) is 10.3 Å². The minimum atomic E-state index is -0.327. The Bertz CT molecular complexity index is 717. The third kappa shape index (κ3) is 2.51. The molecule has 0 unspecified atom stereocenters. The molecule has 20 heavy (non-hydrogen) atoms. The van der Waals surface area contributed by atoms with Crippen LogP contribution in [0.2, 0.25) is 0 Å². The standard InChI is InChI=1S/C15H11FN2O2/c16-11-5-3-10(4-6-11)9-18-15(19)14-8-12-13(20-14)2-1-7-17-12/h1-8H,9H2,(H,18,19). The van der Waals surface area contributed by atoms with Crippen molar-refractivity contribution in [2.75, 3.05) is 0 Å². The molecule has 1 N–H and O–H groups in total. The van der Waals surface area contributed by atoms with Gasteiger partial charge in [-0.15, -0.1) is 0 Å². The number of hydrogen-bond donors (Lipinski definition) is 1. The summed E-state index contributed by atoms with van der Waals surface area (Å²) in [4.78, 5) is 16.0. The van der Waals surface area contributed by atoms with Gasteiger partial charge in [0.25, 0.3) is 5.91 Å². The molecule has 5 heteroatoms. The number of nitrogens with one attached hydrogen (secondary N) is 1. The van der Waals surface area contributed by atoms with Crippen LogP contribution >= 0.6 is 0 Å². The number of amides is 1. The summed E-state index contributed by atoms with van der Waals surface area (Å²) in [6, 6.07) is 11.0. The van der Waals surface area contributed by atoms with E-state index in [0.717, 1.165) is 5.56 Å². The number of halogens is 1. The molecule has 0 aliphatic carbocycles. The number of carbonyl (C=O) groups excluding carboxylic acids is 1. The molecular formula is C15H11FN2O2. The van der Waals surface area contributed by atoms with Crippen molar-refractivity contribution in [3.63, 3.8) is 0 Å². The van der Waals surface area contributed by atoms with Crippen molar-refractivity contribution in [2.24, 2.45) is 0 Å². The number of furan rings is 1. The van der Waals surface area contributed by atoms with E-state index in [9.17, 15) is 9.18 Å². The molecule has 100 valence electrons. The molecule has 0 fully saturated rings. The van der Waals surface area contributed by atoms with Crippen LogP contribution in [0.3, 0.4) is 0 Å². The Morgan fingerprint density at radius 3 is 2.80 bits per heavy atom. The van der Waals surface area contributed by atoms with Crippen molar-refractivity contribution < 1.29 is 13.6 Å². The first-order chi connectivity index (χ1) is 9.72. The normalized spacial score (nSPS) is 10.7. The molecule has 0 radical (unpaired) electrons. The lowest BCUT2D eigenvalue weighted by atomic mass is 10.2. The number of benzene rings is 1. The molecular weight excluding hydrogens is 259 g/mol. The summed E-state index contributed by atoms with van der Waals surface area (Å²) in [6.07, 6.45) is 1.64. The van der Waals surface area contributed by atoms with E-state index in [0.29, 0.717) is 17.6 Å². The number of carbonyl (C=O) groups is 1. The molecule has 0 saturated heterocycles. The number of nitrogens with zero attached hydrogens (tertiary/aromatic N) is 1. The molecule has 0 spiro atoms. The molecule has 0 aliphatic rings. The minimum absolute atomic E-state index is 0.209. The zero-order valence-electron chi connectivity index (χ0n) is 10.5. The minimum Gasteiger partial charge on any atom is -0.449 e. The monoisotopic (exact) mass is 270 g/mol. The van der Waals surface area contributed by atoms with E-state index in [1.807, 2.05) is 0 Å². The lowest BCUT2D eigenvalue weighted by Crippen LogP contribution is -2.22. The van der Waals surface area contributed by atoms with Crippen LogP contribution in [0.5, 0.6) is 0 Å².